The van der Waals surface area contributed by atoms with Crippen molar-refractivity contribution in [2.24, 2.45) is 0 Å². The molecule has 1 N–H and O–H groups in total. The van der Waals surface area contributed by atoms with Crippen molar-refractivity contribution < 1.29 is 19.4 Å². The molecule has 0 radical (unpaired) electrons. The fraction of sp³-hybridized carbons (Fsp3) is 0.429. The minimum Gasteiger partial charge on any atom is -0.493 e. The predicted octanol–water partition coefficient (Wildman–Crippen LogP) is 1.78. The Hall–Kier alpha value is -2.04. The van der Waals surface area contributed by atoms with Gasteiger partial charge in [-0.25, -0.2) is 4.79 Å². The summed E-state index contributed by atoms with van der Waals surface area (Å²) in [6.07, 6.45) is 0.141. The van der Waals surface area contributed by atoms with E-state index in [9.17, 15) is 9.59 Å². The predicted molar refractivity (Wildman–Crippen MR) is 71.0 cm³/mol. The second-order valence-electron chi connectivity index (χ2n) is 4.73. The fourth-order valence-corrected chi connectivity index (χ4v) is 1.40. The summed E-state index contributed by atoms with van der Waals surface area (Å²) in [6, 6.07) is 9.17. The molecule has 0 aliphatic heterocycles. The monoisotopic (exact) mass is 265 g/mol. The van der Waals surface area contributed by atoms with Crippen LogP contribution >= 0.6 is 0 Å². The van der Waals surface area contributed by atoms with Crippen molar-refractivity contribution in [2.45, 2.75) is 25.8 Å². The zero-order chi connectivity index (χ0) is 14.5. The molecular formula is C14H19NO4. The molecule has 104 valence electrons. The average molecular weight is 265 g/mol. The molecule has 0 aliphatic carbocycles. The molecule has 1 rings (SSSR count). The van der Waals surface area contributed by atoms with Gasteiger partial charge in [0.15, 0.2) is 0 Å². The van der Waals surface area contributed by atoms with E-state index in [1.165, 1.54) is 25.8 Å². The molecule has 0 unspecified atom stereocenters. The molecule has 0 spiro atoms. The number of para-hydroxylation sites is 1. The van der Waals surface area contributed by atoms with Crippen molar-refractivity contribution in [3.05, 3.63) is 30.3 Å². The molecule has 0 aliphatic rings. The molecule has 1 aromatic rings. The van der Waals surface area contributed by atoms with Crippen LogP contribution in [-0.2, 0) is 9.59 Å². The van der Waals surface area contributed by atoms with Gasteiger partial charge in [0, 0.05) is 7.05 Å². The van der Waals surface area contributed by atoms with Gasteiger partial charge in [-0.05, 0) is 26.0 Å². The number of hydrogen-bond acceptors (Lipinski definition) is 3. The number of nitrogens with zero attached hydrogens (tertiary/aromatic N) is 1. The topological polar surface area (TPSA) is 66.8 Å². The Labute approximate surface area is 112 Å². The van der Waals surface area contributed by atoms with E-state index in [-0.39, 0.29) is 18.9 Å². The molecule has 5 heteroatoms. The van der Waals surface area contributed by atoms with Crippen LogP contribution in [0.15, 0.2) is 30.3 Å². The number of hydrogen-bond donors (Lipinski definition) is 1. The lowest BCUT2D eigenvalue weighted by molar-refractivity contribution is -0.155. The van der Waals surface area contributed by atoms with Crippen molar-refractivity contribution in [3.63, 3.8) is 0 Å². The Morgan fingerprint density at radius 1 is 1.26 bits per heavy atom. The smallest absolute Gasteiger partial charge is 0.329 e. The van der Waals surface area contributed by atoms with Gasteiger partial charge in [-0.1, -0.05) is 18.2 Å². The lowest BCUT2D eigenvalue weighted by Crippen LogP contribution is -2.51. The van der Waals surface area contributed by atoms with Crippen LogP contribution in [0, 0.1) is 0 Å². The highest BCUT2D eigenvalue weighted by Gasteiger charge is 2.34. The van der Waals surface area contributed by atoms with Crippen LogP contribution in [0.5, 0.6) is 5.75 Å². The number of carboxylic acids is 1. The molecule has 0 heterocycles. The number of carbonyl (C=O) groups is 2. The summed E-state index contributed by atoms with van der Waals surface area (Å²) in [4.78, 5) is 24.1. The molecule has 0 saturated carbocycles. The van der Waals surface area contributed by atoms with E-state index in [0.29, 0.717) is 5.75 Å². The third-order valence-corrected chi connectivity index (χ3v) is 3.06. The summed E-state index contributed by atoms with van der Waals surface area (Å²) >= 11 is 0. The van der Waals surface area contributed by atoms with E-state index in [1.807, 2.05) is 18.2 Å². The van der Waals surface area contributed by atoms with Gasteiger partial charge in [0.25, 0.3) is 0 Å². The van der Waals surface area contributed by atoms with Crippen LogP contribution in [0.3, 0.4) is 0 Å². The molecule has 0 saturated heterocycles. The Bertz CT molecular complexity index is 442. The third kappa shape index (κ3) is 3.98. The van der Waals surface area contributed by atoms with Gasteiger partial charge in [-0.2, -0.15) is 0 Å². The average Bonchev–Trinajstić information content (AvgIpc) is 2.38. The van der Waals surface area contributed by atoms with Crippen LogP contribution in [0.1, 0.15) is 20.3 Å². The Morgan fingerprint density at radius 2 is 1.84 bits per heavy atom. The first-order valence-corrected chi connectivity index (χ1v) is 6.03. The highest BCUT2D eigenvalue weighted by atomic mass is 16.5. The van der Waals surface area contributed by atoms with Gasteiger partial charge in [0.05, 0.1) is 13.0 Å². The summed E-state index contributed by atoms with van der Waals surface area (Å²) in [5.41, 5.74) is -1.22. The maximum absolute atomic E-state index is 11.9. The summed E-state index contributed by atoms with van der Waals surface area (Å²) in [6.45, 7) is 3.21. The maximum Gasteiger partial charge on any atom is 0.329 e. The largest absolute Gasteiger partial charge is 0.493 e. The molecule has 1 aromatic carbocycles. The number of amides is 1. The first kappa shape index (κ1) is 15.0. The van der Waals surface area contributed by atoms with Gasteiger partial charge < -0.3 is 14.7 Å². The van der Waals surface area contributed by atoms with E-state index in [4.69, 9.17) is 9.84 Å². The quantitative estimate of drug-likeness (QED) is 0.851. The molecule has 0 bridgehead atoms. The molecule has 19 heavy (non-hydrogen) atoms. The third-order valence-electron chi connectivity index (χ3n) is 3.06. The van der Waals surface area contributed by atoms with Crippen LogP contribution in [0.4, 0.5) is 0 Å². The Balaban J connectivity index is 2.46. The number of ether oxygens (including phenoxy) is 1. The minimum absolute atomic E-state index is 0.141. The highest BCUT2D eigenvalue weighted by molar-refractivity contribution is 5.86. The van der Waals surface area contributed by atoms with Crippen molar-refractivity contribution in [1.82, 2.24) is 4.90 Å². The van der Waals surface area contributed by atoms with Crippen molar-refractivity contribution >= 4 is 11.9 Å². The molecule has 0 fully saturated rings. The van der Waals surface area contributed by atoms with E-state index in [2.05, 4.69) is 0 Å². The zero-order valence-electron chi connectivity index (χ0n) is 11.4. The standard InChI is InChI=1S/C14H19NO4/c1-14(2,13(17)18)15(3)12(16)9-10-19-11-7-5-4-6-8-11/h4-8H,9-10H2,1-3H3,(H,17,18). The number of benzene rings is 1. The van der Waals surface area contributed by atoms with Gasteiger partial charge in [-0.15, -0.1) is 0 Å². The summed E-state index contributed by atoms with van der Waals surface area (Å²) in [5.74, 6) is -0.605. The second-order valence-corrected chi connectivity index (χ2v) is 4.73. The zero-order valence-corrected chi connectivity index (χ0v) is 11.4. The number of carbonyl (C=O) groups excluding carboxylic acids is 1. The SMILES string of the molecule is CN(C(=O)CCOc1ccccc1)C(C)(C)C(=O)O. The Morgan fingerprint density at radius 3 is 2.37 bits per heavy atom. The van der Waals surface area contributed by atoms with Crippen LogP contribution in [-0.4, -0.2) is 41.1 Å². The number of likely N-dealkylation sites (N-methyl/N-ethyl adjacent to an activating group) is 1. The summed E-state index contributed by atoms with van der Waals surface area (Å²) in [7, 11) is 1.49. The van der Waals surface area contributed by atoms with Gasteiger partial charge in [0.2, 0.25) is 5.91 Å². The molecule has 0 atom stereocenters. The number of carboxylic acid groups (broad SMARTS) is 1. The molecular weight excluding hydrogens is 246 g/mol. The van der Waals surface area contributed by atoms with Crippen molar-refractivity contribution in [3.8, 4) is 5.75 Å². The lowest BCUT2D eigenvalue weighted by Gasteiger charge is -2.31. The highest BCUT2D eigenvalue weighted by Crippen LogP contribution is 2.14. The van der Waals surface area contributed by atoms with Gasteiger partial charge in [-0.3, -0.25) is 4.79 Å². The van der Waals surface area contributed by atoms with E-state index in [1.54, 1.807) is 12.1 Å². The summed E-state index contributed by atoms with van der Waals surface area (Å²) < 4.78 is 5.41. The maximum atomic E-state index is 11.9. The van der Waals surface area contributed by atoms with Gasteiger partial charge >= 0.3 is 5.97 Å². The molecule has 5 nitrogen and oxygen atoms in total. The minimum atomic E-state index is -1.22. The first-order chi connectivity index (χ1) is 8.85. The fourth-order valence-electron chi connectivity index (χ4n) is 1.40. The lowest BCUT2D eigenvalue weighted by atomic mass is 10.0. The summed E-state index contributed by atoms with van der Waals surface area (Å²) in [5, 5.41) is 9.04. The second kappa shape index (κ2) is 6.22. The van der Waals surface area contributed by atoms with E-state index < -0.39 is 11.5 Å². The molecule has 0 aromatic heterocycles. The van der Waals surface area contributed by atoms with Crippen LogP contribution in [0.25, 0.3) is 0 Å². The van der Waals surface area contributed by atoms with Gasteiger partial charge in [0.1, 0.15) is 11.3 Å². The normalized spacial score (nSPS) is 10.9. The number of rotatable bonds is 6. The van der Waals surface area contributed by atoms with E-state index in [0.717, 1.165) is 0 Å². The van der Waals surface area contributed by atoms with Crippen LogP contribution in [0.2, 0.25) is 0 Å². The Kier molecular flexibility index (Phi) is 4.92. The molecule has 1 amide bonds. The van der Waals surface area contributed by atoms with Crippen molar-refractivity contribution in [1.29, 1.82) is 0 Å². The number of aliphatic carboxylic acids is 1. The first-order valence-electron chi connectivity index (χ1n) is 6.03. The van der Waals surface area contributed by atoms with E-state index >= 15 is 0 Å². The van der Waals surface area contributed by atoms with Crippen molar-refractivity contribution in [2.75, 3.05) is 13.7 Å². The van der Waals surface area contributed by atoms with Crippen LogP contribution < -0.4 is 4.74 Å².